The molecule has 2 heterocycles. The summed E-state index contributed by atoms with van der Waals surface area (Å²) in [6, 6.07) is 4.58. The van der Waals surface area contributed by atoms with Gasteiger partial charge in [-0.2, -0.15) is 0 Å². The number of carboxylic acids is 1. The second-order valence-electron chi connectivity index (χ2n) is 3.68. The lowest BCUT2D eigenvalue weighted by Gasteiger charge is -2.02. The van der Waals surface area contributed by atoms with Crippen molar-refractivity contribution in [2.75, 3.05) is 0 Å². The molecule has 2 N–H and O–H groups in total. The van der Waals surface area contributed by atoms with Crippen LogP contribution in [0.1, 0.15) is 31.6 Å². The Bertz CT molecular complexity index is 584. The Hall–Kier alpha value is -2.08. The first-order valence-electron chi connectivity index (χ1n) is 5.22. The average molecular weight is 265 g/mol. The molecule has 94 valence electrons. The maximum atomic E-state index is 11.7. The van der Waals surface area contributed by atoms with Gasteiger partial charge in [-0.3, -0.25) is 4.79 Å². The van der Waals surface area contributed by atoms with Crippen LogP contribution in [0.2, 0.25) is 0 Å². The van der Waals surface area contributed by atoms with E-state index in [2.05, 4.69) is 5.32 Å². The zero-order valence-electron chi connectivity index (χ0n) is 9.60. The number of carbonyl (C=O) groups is 2. The van der Waals surface area contributed by atoms with Crippen LogP contribution in [0.4, 0.5) is 0 Å². The van der Waals surface area contributed by atoms with Crippen LogP contribution in [-0.4, -0.2) is 17.0 Å². The normalized spacial score (nSPS) is 10.3. The second kappa shape index (κ2) is 5.05. The summed E-state index contributed by atoms with van der Waals surface area (Å²) >= 11 is 1.56. The number of nitrogens with one attached hydrogen (secondary N) is 1. The number of hydrogen-bond donors (Lipinski definition) is 2. The van der Waals surface area contributed by atoms with E-state index in [4.69, 9.17) is 9.52 Å². The molecule has 0 aliphatic rings. The third-order valence-corrected chi connectivity index (χ3v) is 3.44. The van der Waals surface area contributed by atoms with Gasteiger partial charge in [0.25, 0.3) is 5.91 Å². The van der Waals surface area contributed by atoms with Crippen molar-refractivity contribution in [3.05, 3.63) is 45.5 Å². The summed E-state index contributed by atoms with van der Waals surface area (Å²) < 4.78 is 4.90. The quantitative estimate of drug-likeness (QED) is 0.888. The van der Waals surface area contributed by atoms with Gasteiger partial charge in [-0.05, 0) is 36.1 Å². The number of thiophene rings is 1. The molecule has 0 fully saturated rings. The Morgan fingerprint density at radius 3 is 2.61 bits per heavy atom. The Balaban J connectivity index is 1.99. The summed E-state index contributed by atoms with van der Waals surface area (Å²) in [5, 5.41) is 13.3. The van der Waals surface area contributed by atoms with E-state index in [-0.39, 0.29) is 11.5 Å². The van der Waals surface area contributed by atoms with Crippen LogP contribution in [-0.2, 0) is 6.54 Å². The highest BCUT2D eigenvalue weighted by Gasteiger charge is 2.14. The molecule has 1 amide bonds. The smallest absolute Gasteiger partial charge is 0.371 e. The minimum absolute atomic E-state index is 0.00149. The molecule has 0 aliphatic heterocycles. The third-order valence-electron chi connectivity index (χ3n) is 2.42. The molecule has 0 saturated carbocycles. The first-order valence-corrected chi connectivity index (χ1v) is 6.10. The number of hydrogen-bond acceptors (Lipinski definition) is 4. The molecule has 2 rings (SSSR count). The zero-order chi connectivity index (χ0) is 13.1. The molecule has 0 bridgehead atoms. The van der Waals surface area contributed by atoms with Gasteiger partial charge < -0.3 is 14.8 Å². The number of carboxylic acid groups (broad SMARTS) is 1. The minimum atomic E-state index is -1.19. The molecular weight excluding hydrogens is 254 g/mol. The molecule has 0 unspecified atom stereocenters. The van der Waals surface area contributed by atoms with Gasteiger partial charge in [0.05, 0.1) is 6.54 Å². The van der Waals surface area contributed by atoms with Crippen molar-refractivity contribution in [3.63, 3.8) is 0 Å². The summed E-state index contributed by atoms with van der Waals surface area (Å²) in [7, 11) is 0. The summed E-state index contributed by atoms with van der Waals surface area (Å²) in [5.41, 5.74) is 1.12. The van der Waals surface area contributed by atoms with Gasteiger partial charge in [0.2, 0.25) is 5.76 Å². The highest BCUT2D eigenvalue weighted by Crippen LogP contribution is 2.15. The Labute approximate surface area is 107 Å². The SMILES string of the molecule is Cc1ccsc1CNC(=O)c1ccc(C(=O)O)o1. The topological polar surface area (TPSA) is 79.5 Å². The molecular formula is C12H11NO4S. The highest BCUT2D eigenvalue weighted by molar-refractivity contribution is 7.10. The van der Waals surface area contributed by atoms with Gasteiger partial charge in [0.15, 0.2) is 5.76 Å². The van der Waals surface area contributed by atoms with Gasteiger partial charge in [0, 0.05) is 4.88 Å². The summed E-state index contributed by atoms with van der Waals surface area (Å²) in [4.78, 5) is 23.4. The van der Waals surface area contributed by atoms with Crippen LogP contribution in [0.5, 0.6) is 0 Å². The van der Waals surface area contributed by atoms with Crippen LogP contribution >= 0.6 is 11.3 Å². The lowest BCUT2D eigenvalue weighted by Crippen LogP contribution is -2.22. The van der Waals surface area contributed by atoms with E-state index in [1.165, 1.54) is 12.1 Å². The fraction of sp³-hybridized carbons (Fsp3) is 0.167. The van der Waals surface area contributed by atoms with E-state index in [9.17, 15) is 9.59 Å². The molecule has 2 aromatic heterocycles. The Morgan fingerprint density at radius 1 is 1.33 bits per heavy atom. The average Bonchev–Trinajstić information content (AvgIpc) is 2.94. The lowest BCUT2D eigenvalue weighted by molar-refractivity contribution is 0.0659. The van der Waals surface area contributed by atoms with Gasteiger partial charge >= 0.3 is 5.97 Å². The van der Waals surface area contributed by atoms with Crippen LogP contribution in [0.25, 0.3) is 0 Å². The first kappa shape index (κ1) is 12.4. The van der Waals surface area contributed by atoms with Crippen molar-refractivity contribution in [2.24, 2.45) is 0 Å². The molecule has 6 heteroatoms. The van der Waals surface area contributed by atoms with Crippen molar-refractivity contribution in [1.29, 1.82) is 0 Å². The third kappa shape index (κ3) is 2.60. The maximum absolute atomic E-state index is 11.7. The number of aryl methyl sites for hydroxylation is 1. The van der Waals surface area contributed by atoms with E-state index in [1.807, 2.05) is 18.4 Å². The van der Waals surface area contributed by atoms with Crippen molar-refractivity contribution >= 4 is 23.2 Å². The predicted octanol–water partition coefficient (Wildman–Crippen LogP) is 2.28. The second-order valence-corrected chi connectivity index (χ2v) is 4.68. The number of aromatic carboxylic acids is 1. The standard InChI is InChI=1S/C12H11NO4S/c1-7-4-5-18-10(7)6-13-11(14)8-2-3-9(17-8)12(15)16/h2-5H,6H2,1H3,(H,13,14)(H,15,16). The van der Waals surface area contributed by atoms with Crippen LogP contribution in [0, 0.1) is 6.92 Å². The van der Waals surface area contributed by atoms with Crippen LogP contribution < -0.4 is 5.32 Å². The minimum Gasteiger partial charge on any atom is -0.475 e. The molecule has 0 spiro atoms. The summed E-state index contributed by atoms with van der Waals surface area (Å²) in [6.45, 7) is 2.37. The van der Waals surface area contributed by atoms with E-state index in [0.29, 0.717) is 6.54 Å². The Morgan fingerprint density at radius 2 is 2.06 bits per heavy atom. The number of carbonyl (C=O) groups excluding carboxylic acids is 1. The molecule has 0 aliphatic carbocycles. The number of amides is 1. The van der Waals surface area contributed by atoms with Crippen molar-refractivity contribution in [1.82, 2.24) is 5.32 Å². The van der Waals surface area contributed by atoms with E-state index < -0.39 is 11.9 Å². The van der Waals surface area contributed by atoms with E-state index in [0.717, 1.165) is 10.4 Å². The van der Waals surface area contributed by atoms with Gasteiger partial charge in [-0.1, -0.05) is 0 Å². The zero-order valence-corrected chi connectivity index (χ0v) is 10.4. The summed E-state index contributed by atoms with van der Waals surface area (Å²) in [6.07, 6.45) is 0. The van der Waals surface area contributed by atoms with Crippen molar-refractivity contribution in [3.8, 4) is 0 Å². The first-order chi connectivity index (χ1) is 8.58. The summed E-state index contributed by atoms with van der Waals surface area (Å²) in [5.74, 6) is -1.85. The molecule has 5 nitrogen and oxygen atoms in total. The number of furan rings is 1. The predicted molar refractivity (Wildman–Crippen MR) is 65.9 cm³/mol. The van der Waals surface area contributed by atoms with Crippen molar-refractivity contribution < 1.29 is 19.1 Å². The molecule has 0 radical (unpaired) electrons. The highest BCUT2D eigenvalue weighted by atomic mass is 32.1. The molecule has 2 aromatic rings. The fourth-order valence-corrected chi connectivity index (χ4v) is 2.25. The van der Waals surface area contributed by atoms with Crippen molar-refractivity contribution in [2.45, 2.75) is 13.5 Å². The van der Waals surface area contributed by atoms with Gasteiger partial charge in [0.1, 0.15) is 0 Å². The molecule has 0 aromatic carbocycles. The largest absolute Gasteiger partial charge is 0.475 e. The lowest BCUT2D eigenvalue weighted by atomic mass is 10.3. The van der Waals surface area contributed by atoms with Crippen LogP contribution in [0.3, 0.4) is 0 Å². The van der Waals surface area contributed by atoms with Crippen LogP contribution in [0.15, 0.2) is 28.0 Å². The molecule has 18 heavy (non-hydrogen) atoms. The Kier molecular flexibility index (Phi) is 3.47. The van der Waals surface area contributed by atoms with Gasteiger partial charge in [-0.25, -0.2) is 4.79 Å². The molecule has 0 saturated heterocycles. The molecule has 0 atom stereocenters. The number of rotatable bonds is 4. The monoisotopic (exact) mass is 265 g/mol. The maximum Gasteiger partial charge on any atom is 0.371 e. The van der Waals surface area contributed by atoms with Gasteiger partial charge in [-0.15, -0.1) is 11.3 Å². The fourth-order valence-electron chi connectivity index (χ4n) is 1.41. The van der Waals surface area contributed by atoms with E-state index in [1.54, 1.807) is 11.3 Å². The van der Waals surface area contributed by atoms with E-state index >= 15 is 0 Å².